The van der Waals surface area contributed by atoms with E-state index in [0.29, 0.717) is 6.54 Å². The maximum absolute atomic E-state index is 11.5. The van der Waals surface area contributed by atoms with Gasteiger partial charge in [-0.25, -0.2) is 4.79 Å². The molecule has 0 spiro atoms. The highest BCUT2D eigenvalue weighted by Crippen LogP contribution is 2.22. The first-order valence-corrected chi connectivity index (χ1v) is 7.86. The molecular weight excluding hydrogens is 302 g/mol. The fraction of sp³-hybridized carbons (Fsp3) is 0.250. The Bertz CT molecular complexity index is 695. The van der Waals surface area contributed by atoms with Crippen molar-refractivity contribution >= 4 is 12.2 Å². The zero-order valence-electron chi connectivity index (χ0n) is 14.2. The summed E-state index contributed by atoms with van der Waals surface area (Å²) in [7, 11) is 0. The van der Waals surface area contributed by atoms with Gasteiger partial charge in [0, 0.05) is 6.54 Å². The van der Waals surface area contributed by atoms with Crippen molar-refractivity contribution in [2.24, 2.45) is 0 Å². The van der Waals surface area contributed by atoms with E-state index >= 15 is 0 Å². The fourth-order valence-electron chi connectivity index (χ4n) is 2.09. The first kappa shape index (κ1) is 17.6. The Morgan fingerprint density at radius 1 is 1.04 bits per heavy atom. The van der Waals surface area contributed by atoms with Crippen LogP contribution in [-0.4, -0.2) is 23.3 Å². The van der Waals surface area contributed by atoms with E-state index in [2.05, 4.69) is 5.32 Å². The lowest BCUT2D eigenvalue weighted by molar-refractivity contribution is 0.0534. The van der Waals surface area contributed by atoms with E-state index in [9.17, 15) is 9.90 Å². The third-order valence-corrected chi connectivity index (χ3v) is 3.18. The molecule has 0 aliphatic rings. The Balaban J connectivity index is 1.87. The number of alkyl carbamates (subject to hydrolysis) is 1. The number of carbonyl (C=O) groups excluding carboxylic acids is 1. The number of hydrogen-bond acceptors (Lipinski definition) is 3. The number of ether oxygens (including phenoxy) is 1. The van der Waals surface area contributed by atoms with Gasteiger partial charge in [0.1, 0.15) is 11.4 Å². The summed E-state index contributed by atoms with van der Waals surface area (Å²) in [5.74, 6) is 0.260. The molecule has 4 nitrogen and oxygen atoms in total. The lowest BCUT2D eigenvalue weighted by Crippen LogP contribution is -2.32. The average Bonchev–Trinajstić information content (AvgIpc) is 2.51. The number of benzene rings is 2. The van der Waals surface area contributed by atoms with Crippen LogP contribution in [0.25, 0.3) is 17.2 Å². The van der Waals surface area contributed by atoms with Crippen LogP contribution in [0.3, 0.4) is 0 Å². The number of carbonyl (C=O) groups is 1. The van der Waals surface area contributed by atoms with Gasteiger partial charge in [-0.05, 0) is 49.6 Å². The van der Waals surface area contributed by atoms with Gasteiger partial charge in [0.05, 0.1) is 0 Å². The van der Waals surface area contributed by atoms with Crippen molar-refractivity contribution in [1.82, 2.24) is 5.32 Å². The minimum Gasteiger partial charge on any atom is -0.508 e. The van der Waals surface area contributed by atoms with Gasteiger partial charge < -0.3 is 15.2 Å². The number of hydrogen-bond donors (Lipinski definition) is 2. The highest BCUT2D eigenvalue weighted by atomic mass is 16.6. The third kappa shape index (κ3) is 5.80. The SMILES string of the molecule is CC(C)(C)OC(=O)NCC=Cc1ccc(-c2ccc(O)cc2)cc1. The predicted octanol–water partition coefficient (Wildman–Crippen LogP) is 4.60. The lowest BCUT2D eigenvalue weighted by atomic mass is 10.0. The van der Waals surface area contributed by atoms with Crippen LogP contribution in [0.4, 0.5) is 4.79 Å². The Hall–Kier alpha value is -2.75. The number of amides is 1. The molecule has 0 aliphatic carbocycles. The zero-order valence-corrected chi connectivity index (χ0v) is 14.2. The molecule has 0 heterocycles. The molecule has 1 amide bonds. The van der Waals surface area contributed by atoms with Gasteiger partial charge in [0.15, 0.2) is 0 Å². The molecule has 0 saturated carbocycles. The van der Waals surface area contributed by atoms with Crippen LogP contribution in [0.2, 0.25) is 0 Å². The minimum atomic E-state index is -0.488. The minimum absolute atomic E-state index is 0.260. The summed E-state index contributed by atoms with van der Waals surface area (Å²) in [5.41, 5.74) is 2.69. The zero-order chi connectivity index (χ0) is 17.6. The van der Waals surface area contributed by atoms with Crippen molar-refractivity contribution in [2.75, 3.05) is 6.54 Å². The normalized spacial score (nSPS) is 11.5. The molecule has 2 aromatic rings. The second-order valence-electron chi connectivity index (χ2n) is 6.45. The van der Waals surface area contributed by atoms with Gasteiger partial charge in [-0.3, -0.25) is 0 Å². The van der Waals surface area contributed by atoms with Gasteiger partial charge in [0.25, 0.3) is 0 Å². The molecule has 0 bridgehead atoms. The van der Waals surface area contributed by atoms with Gasteiger partial charge >= 0.3 is 6.09 Å². The maximum atomic E-state index is 11.5. The summed E-state index contributed by atoms with van der Waals surface area (Å²) in [6.45, 7) is 5.91. The summed E-state index contributed by atoms with van der Waals surface area (Å²) in [6.07, 6.45) is 3.40. The van der Waals surface area contributed by atoms with Gasteiger partial charge in [-0.1, -0.05) is 48.6 Å². The molecule has 0 aromatic heterocycles. The first-order valence-electron chi connectivity index (χ1n) is 7.86. The Morgan fingerprint density at radius 3 is 2.12 bits per heavy atom. The predicted molar refractivity (Wildman–Crippen MR) is 96.8 cm³/mol. The van der Waals surface area contributed by atoms with E-state index in [1.54, 1.807) is 12.1 Å². The molecule has 4 heteroatoms. The van der Waals surface area contributed by atoms with Crippen molar-refractivity contribution in [2.45, 2.75) is 26.4 Å². The first-order chi connectivity index (χ1) is 11.3. The van der Waals surface area contributed by atoms with Gasteiger partial charge in [-0.15, -0.1) is 0 Å². The maximum Gasteiger partial charge on any atom is 0.407 e. The van der Waals surface area contributed by atoms with Crippen molar-refractivity contribution in [3.05, 3.63) is 60.2 Å². The van der Waals surface area contributed by atoms with E-state index in [4.69, 9.17) is 4.74 Å². The fourth-order valence-corrected chi connectivity index (χ4v) is 2.09. The molecule has 126 valence electrons. The smallest absolute Gasteiger partial charge is 0.407 e. The van der Waals surface area contributed by atoms with Crippen LogP contribution in [0.5, 0.6) is 5.75 Å². The van der Waals surface area contributed by atoms with Crippen molar-refractivity contribution in [1.29, 1.82) is 0 Å². The number of phenols is 1. The number of phenolic OH excluding ortho intramolecular Hbond substituents is 1. The second-order valence-corrected chi connectivity index (χ2v) is 6.45. The molecule has 0 aliphatic heterocycles. The van der Waals surface area contributed by atoms with E-state index in [1.165, 1.54) is 0 Å². The molecule has 0 radical (unpaired) electrons. The van der Waals surface area contributed by atoms with Crippen LogP contribution in [-0.2, 0) is 4.74 Å². The molecule has 0 unspecified atom stereocenters. The van der Waals surface area contributed by atoms with Gasteiger partial charge in [0.2, 0.25) is 0 Å². The topological polar surface area (TPSA) is 58.6 Å². The number of aromatic hydroxyl groups is 1. The summed E-state index contributed by atoms with van der Waals surface area (Å²) >= 11 is 0. The Morgan fingerprint density at radius 2 is 1.58 bits per heavy atom. The molecule has 24 heavy (non-hydrogen) atoms. The highest BCUT2D eigenvalue weighted by Gasteiger charge is 2.14. The average molecular weight is 325 g/mol. The van der Waals surface area contributed by atoms with Crippen LogP contribution >= 0.6 is 0 Å². The molecule has 2 rings (SSSR count). The van der Waals surface area contributed by atoms with E-state index < -0.39 is 11.7 Å². The van der Waals surface area contributed by atoms with Crippen molar-refractivity contribution in [3.8, 4) is 16.9 Å². The second kappa shape index (κ2) is 7.68. The molecular formula is C20H23NO3. The summed E-state index contributed by atoms with van der Waals surface area (Å²) < 4.78 is 5.16. The standard InChI is InChI=1S/C20H23NO3/c1-20(2,3)24-19(23)21-14-4-5-15-6-8-16(9-7-15)17-10-12-18(22)13-11-17/h4-13,22H,14H2,1-3H3,(H,21,23). The van der Waals surface area contributed by atoms with E-state index in [0.717, 1.165) is 16.7 Å². The monoisotopic (exact) mass is 325 g/mol. The number of rotatable bonds is 4. The summed E-state index contributed by atoms with van der Waals surface area (Å²) in [4.78, 5) is 11.5. The largest absolute Gasteiger partial charge is 0.508 e. The third-order valence-electron chi connectivity index (χ3n) is 3.18. The van der Waals surface area contributed by atoms with Crippen LogP contribution < -0.4 is 5.32 Å². The molecule has 0 atom stereocenters. The highest BCUT2D eigenvalue weighted by molar-refractivity contribution is 5.68. The van der Waals surface area contributed by atoms with Gasteiger partial charge in [-0.2, -0.15) is 0 Å². The Labute approximate surface area is 142 Å². The lowest BCUT2D eigenvalue weighted by Gasteiger charge is -2.19. The van der Waals surface area contributed by atoms with Crippen molar-refractivity contribution in [3.63, 3.8) is 0 Å². The van der Waals surface area contributed by atoms with Crippen LogP contribution in [0, 0.1) is 0 Å². The quantitative estimate of drug-likeness (QED) is 0.864. The van der Waals surface area contributed by atoms with Crippen molar-refractivity contribution < 1.29 is 14.6 Å². The Kier molecular flexibility index (Phi) is 5.64. The molecule has 0 saturated heterocycles. The summed E-state index contributed by atoms with van der Waals surface area (Å²) in [6, 6.07) is 15.2. The number of nitrogens with one attached hydrogen (secondary N) is 1. The van der Waals surface area contributed by atoms with Crippen LogP contribution in [0.1, 0.15) is 26.3 Å². The molecule has 2 aromatic carbocycles. The molecule has 0 fully saturated rings. The van der Waals surface area contributed by atoms with E-state index in [1.807, 2.05) is 69.3 Å². The molecule has 2 N–H and O–H groups in total. The van der Waals surface area contributed by atoms with Crippen LogP contribution in [0.15, 0.2) is 54.6 Å². The summed E-state index contributed by atoms with van der Waals surface area (Å²) in [5, 5.41) is 12.0. The van der Waals surface area contributed by atoms with E-state index in [-0.39, 0.29) is 5.75 Å².